The second-order valence-corrected chi connectivity index (χ2v) is 6.81. The molecule has 2 aromatic heterocycles. The summed E-state index contributed by atoms with van der Waals surface area (Å²) in [7, 11) is -1.47. The van der Waals surface area contributed by atoms with Crippen LogP contribution in [0.1, 0.15) is 11.3 Å². The van der Waals surface area contributed by atoms with E-state index in [-0.39, 0.29) is 5.56 Å². The summed E-state index contributed by atoms with van der Waals surface area (Å²) in [5.41, 5.74) is 1.83. The van der Waals surface area contributed by atoms with E-state index in [4.69, 9.17) is 5.26 Å². The van der Waals surface area contributed by atoms with E-state index in [1.54, 1.807) is 47.0 Å². The molecular formula is C17H12N4O2S. The number of pyridine rings is 2. The van der Waals surface area contributed by atoms with Gasteiger partial charge in [-0.15, -0.1) is 0 Å². The Morgan fingerprint density at radius 1 is 1.29 bits per heavy atom. The lowest BCUT2D eigenvalue weighted by Gasteiger charge is -2.19. The van der Waals surface area contributed by atoms with Crippen molar-refractivity contribution in [3.05, 3.63) is 64.3 Å². The molecule has 6 nitrogen and oxygen atoms in total. The van der Waals surface area contributed by atoms with Gasteiger partial charge in [0.25, 0.3) is 5.56 Å². The quantitative estimate of drug-likeness (QED) is 0.774. The number of rotatable bonds is 2. The third-order valence-corrected chi connectivity index (χ3v) is 5.60. The van der Waals surface area contributed by atoms with Gasteiger partial charge in [0, 0.05) is 29.7 Å². The van der Waals surface area contributed by atoms with Gasteiger partial charge < -0.3 is 4.98 Å². The maximum atomic E-state index is 13.2. The number of anilines is 1. The number of hydrogen-bond acceptors (Lipinski definition) is 4. The van der Waals surface area contributed by atoms with Gasteiger partial charge in [0.2, 0.25) is 0 Å². The molecule has 1 N–H and O–H groups in total. The van der Waals surface area contributed by atoms with Crippen molar-refractivity contribution in [1.82, 2.24) is 9.97 Å². The van der Waals surface area contributed by atoms with Crippen molar-refractivity contribution in [2.75, 3.05) is 10.8 Å². The molecule has 1 unspecified atom stereocenters. The fraction of sp³-hybridized carbons (Fsp3) is 0.118. The summed E-state index contributed by atoms with van der Waals surface area (Å²) < 4.78 is 14.9. The van der Waals surface area contributed by atoms with E-state index in [9.17, 15) is 9.00 Å². The summed E-state index contributed by atoms with van der Waals surface area (Å²) in [5.74, 6) is 0. The minimum atomic E-state index is -1.47. The Hall–Kier alpha value is -2.98. The Labute approximate surface area is 140 Å². The van der Waals surface area contributed by atoms with Crippen molar-refractivity contribution in [2.24, 2.45) is 0 Å². The van der Waals surface area contributed by atoms with Crippen molar-refractivity contribution in [3.63, 3.8) is 0 Å². The zero-order valence-electron chi connectivity index (χ0n) is 12.5. The molecule has 7 heteroatoms. The third kappa shape index (κ3) is 2.20. The average molecular weight is 336 g/mol. The molecule has 0 spiro atoms. The predicted molar refractivity (Wildman–Crippen MR) is 91.0 cm³/mol. The fourth-order valence-corrected chi connectivity index (χ4v) is 4.34. The predicted octanol–water partition coefficient (Wildman–Crippen LogP) is 1.88. The van der Waals surface area contributed by atoms with Crippen molar-refractivity contribution in [3.8, 4) is 6.07 Å². The molecule has 0 amide bonds. The van der Waals surface area contributed by atoms with Crippen LogP contribution >= 0.6 is 0 Å². The molecule has 4 rings (SSSR count). The topological polar surface area (TPSA) is 89.8 Å². The molecular weight excluding hydrogens is 324 g/mol. The molecule has 3 heterocycles. The lowest BCUT2D eigenvalue weighted by molar-refractivity contribution is 0.681. The van der Waals surface area contributed by atoms with Crippen molar-refractivity contribution in [1.29, 1.82) is 5.26 Å². The molecule has 118 valence electrons. The first-order valence-electron chi connectivity index (χ1n) is 7.38. The Bertz CT molecular complexity index is 1080. The third-order valence-electron chi connectivity index (χ3n) is 4.09. The van der Waals surface area contributed by atoms with Crippen LogP contribution in [0.2, 0.25) is 0 Å². The van der Waals surface area contributed by atoms with Crippen LogP contribution in [0.4, 0.5) is 5.69 Å². The minimum absolute atomic E-state index is 0.205. The number of nitriles is 1. The maximum Gasteiger partial charge on any atom is 0.255 e. The Morgan fingerprint density at radius 3 is 3.00 bits per heavy atom. The number of nitrogens with zero attached hydrogens (tertiary/aromatic N) is 3. The Morgan fingerprint density at radius 2 is 2.17 bits per heavy atom. The summed E-state index contributed by atoms with van der Waals surface area (Å²) in [4.78, 5) is 19.2. The molecule has 0 aliphatic carbocycles. The highest BCUT2D eigenvalue weighted by Crippen LogP contribution is 2.32. The summed E-state index contributed by atoms with van der Waals surface area (Å²) >= 11 is 0. The van der Waals surface area contributed by atoms with Gasteiger partial charge in [-0.1, -0.05) is 6.07 Å². The van der Waals surface area contributed by atoms with Crippen LogP contribution in [0.3, 0.4) is 0 Å². The van der Waals surface area contributed by atoms with E-state index < -0.39 is 11.0 Å². The van der Waals surface area contributed by atoms with Gasteiger partial charge in [-0.25, -0.2) is 9.19 Å². The lowest BCUT2D eigenvalue weighted by Crippen LogP contribution is -2.24. The molecule has 1 aromatic carbocycles. The van der Waals surface area contributed by atoms with E-state index in [1.165, 1.54) is 0 Å². The van der Waals surface area contributed by atoms with Crippen molar-refractivity contribution in [2.45, 2.75) is 11.3 Å². The summed E-state index contributed by atoms with van der Waals surface area (Å²) in [6.45, 7) is 0.581. The van der Waals surface area contributed by atoms with Crippen LogP contribution in [0.25, 0.3) is 10.8 Å². The van der Waals surface area contributed by atoms with Crippen molar-refractivity contribution < 1.29 is 4.21 Å². The number of fused-ring (bicyclic) bond motifs is 2. The van der Waals surface area contributed by atoms with Gasteiger partial charge in [0.05, 0.1) is 10.6 Å². The fourth-order valence-electron chi connectivity index (χ4n) is 2.94. The Kier molecular flexibility index (Phi) is 3.40. The summed E-state index contributed by atoms with van der Waals surface area (Å²) in [5, 5.41) is 10.2. The zero-order chi connectivity index (χ0) is 16.7. The summed E-state index contributed by atoms with van der Waals surface area (Å²) in [6.07, 6.45) is 3.95. The van der Waals surface area contributed by atoms with Crippen LogP contribution in [0.15, 0.2) is 52.4 Å². The van der Waals surface area contributed by atoms with Crippen molar-refractivity contribution >= 4 is 27.4 Å². The molecule has 3 aromatic rings. The minimum Gasteiger partial charge on any atom is -0.329 e. The number of nitrogens with one attached hydrogen (secondary N) is 1. The standard InChI is InChI=1S/C17H12N4O2S/c18-9-12-8-15-11(10-20-12)5-7-21(15)24(23)16-3-1-2-14-13(16)4-6-19-17(14)22/h1-4,6,8,10H,5,7H2,(H,19,22). The van der Waals surface area contributed by atoms with E-state index in [2.05, 4.69) is 9.97 Å². The van der Waals surface area contributed by atoms with E-state index >= 15 is 0 Å². The van der Waals surface area contributed by atoms with Gasteiger partial charge in [0.1, 0.15) is 11.8 Å². The second-order valence-electron chi connectivity index (χ2n) is 5.44. The molecule has 0 fully saturated rings. The highest BCUT2D eigenvalue weighted by Gasteiger charge is 2.26. The van der Waals surface area contributed by atoms with Gasteiger partial charge >= 0.3 is 0 Å². The first-order chi connectivity index (χ1) is 11.7. The van der Waals surface area contributed by atoms with Gasteiger partial charge in [-0.05, 0) is 36.2 Å². The van der Waals surface area contributed by atoms with Crippen LogP contribution in [0.5, 0.6) is 0 Å². The maximum absolute atomic E-state index is 13.2. The Balaban J connectivity index is 1.84. The summed E-state index contributed by atoms with van der Waals surface area (Å²) in [6, 6.07) is 10.6. The van der Waals surface area contributed by atoms with E-state index in [0.29, 0.717) is 27.9 Å². The first-order valence-corrected chi connectivity index (χ1v) is 8.48. The zero-order valence-corrected chi connectivity index (χ0v) is 13.3. The normalized spacial score (nSPS) is 14.4. The van der Waals surface area contributed by atoms with Gasteiger partial charge in [-0.2, -0.15) is 5.26 Å². The van der Waals surface area contributed by atoms with Gasteiger partial charge in [0.15, 0.2) is 11.0 Å². The largest absolute Gasteiger partial charge is 0.329 e. The molecule has 1 aliphatic heterocycles. The molecule has 0 bridgehead atoms. The van der Waals surface area contributed by atoms with Gasteiger partial charge in [-0.3, -0.25) is 9.10 Å². The number of hydrogen-bond donors (Lipinski definition) is 1. The molecule has 0 saturated carbocycles. The van der Waals surface area contributed by atoms with Crippen LogP contribution < -0.4 is 9.86 Å². The SMILES string of the molecule is N#Cc1cc2c(cn1)CCN2S(=O)c1cccc2c(=O)[nH]ccc12. The molecule has 1 aliphatic rings. The number of H-pyrrole nitrogens is 1. The number of aromatic nitrogens is 2. The molecule has 24 heavy (non-hydrogen) atoms. The highest BCUT2D eigenvalue weighted by atomic mass is 32.2. The first kappa shape index (κ1) is 14.6. The lowest BCUT2D eigenvalue weighted by atomic mass is 10.2. The monoisotopic (exact) mass is 336 g/mol. The van der Waals surface area contributed by atoms with Crippen LogP contribution in [0, 0.1) is 11.3 Å². The van der Waals surface area contributed by atoms with Crippen LogP contribution in [-0.2, 0) is 17.4 Å². The molecule has 0 saturated heterocycles. The number of benzene rings is 1. The van der Waals surface area contributed by atoms with E-state index in [1.807, 2.05) is 6.07 Å². The molecule has 0 radical (unpaired) electrons. The molecule has 1 atom stereocenters. The average Bonchev–Trinajstić information content (AvgIpc) is 3.04. The van der Waals surface area contributed by atoms with E-state index in [0.717, 1.165) is 17.7 Å². The number of aromatic amines is 1. The van der Waals surface area contributed by atoms with Crippen LogP contribution in [-0.4, -0.2) is 20.7 Å². The highest BCUT2D eigenvalue weighted by molar-refractivity contribution is 7.86. The smallest absolute Gasteiger partial charge is 0.255 e. The second kappa shape index (κ2) is 5.58.